The number of hydrogen-bond acceptors (Lipinski definition) is 2. The lowest BCUT2D eigenvalue weighted by Crippen LogP contribution is -2.22. The number of halogens is 1. The maximum Gasteiger partial charge on any atom is 0.119 e. The quantitative estimate of drug-likeness (QED) is 0.530. The van der Waals surface area contributed by atoms with Gasteiger partial charge in [0, 0.05) is 12.4 Å². The fourth-order valence-electron chi connectivity index (χ4n) is 1.40. The number of rotatable bonds is 9. The fourth-order valence-corrected chi connectivity index (χ4v) is 1.59. The van der Waals surface area contributed by atoms with E-state index in [4.69, 9.17) is 16.3 Å². The summed E-state index contributed by atoms with van der Waals surface area (Å²) < 4.78 is 5.55. The Morgan fingerprint density at radius 1 is 1.00 bits per heavy atom. The van der Waals surface area contributed by atoms with Gasteiger partial charge in [-0.2, -0.15) is 0 Å². The number of nitrogens with one attached hydrogen (secondary N) is 1. The third kappa shape index (κ3) is 6.70. The van der Waals surface area contributed by atoms with Gasteiger partial charge in [0.05, 0.1) is 0 Å². The van der Waals surface area contributed by atoms with Crippen LogP contribution in [-0.4, -0.2) is 25.6 Å². The Balaban J connectivity index is 1.89. The number of hydrogen-bond donors (Lipinski definition) is 1. The molecule has 0 saturated carbocycles. The second-order valence-electron chi connectivity index (χ2n) is 3.66. The van der Waals surface area contributed by atoms with Gasteiger partial charge in [-0.05, 0) is 31.5 Å². The molecule has 0 heterocycles. The molecule has 16 heavy (non-hydrogen) atoms. The maximum atomic E-state index is 5.59. The molecule has 90 valence electrons. The Labute approximate surface area is 103 Å². The Kier molecular flexibility index (Phi) is 7.91. The van der Waals surface area contributed by atoms with E-state index in [0.29, 0.717) is 0 Å². The first-order valence-electron chi connectivity index (χ1n) is 5.88. The molecule has 0 bridgehead atoms. The first kappa shape index (κ1) is 13.3. The summed E-state index contributed by atoms with van der Waals surface area (Å²) in [6.07, 6.45) is 3.51. The van der Waals surface area contributed by atoms with Crippen molar-refractivity contribution in [2.24, 2.45) is 0 Å². The number of unbranched alkanes of at least 4 members (excludes halogenated alkanes) is 2. The maximum absolute atomic E-state index is 5.59. The van der Waals surface area contributed by atoms with Gasteiger partial charge in [-0.1, -0.05) is 24.6 Å². The first-order chi connectivity index (χ1) is 7.93. The van der Waals surface area contributed by atoms with Gasteiger partial charge in [0.25, 0.3) is 0 Å². The molecule has 0 fully saturated rings. The van der Waals surface area contributed by atoms with Crippen LogP contribution in [0.15, 0.2) is 30.3 Å². The van der Waals surface area contributed by atoms with E-state index in [1.54, 1.807) is 0 Å². The molecule has 0 spiro atoms. The minimum Gasteiger partial charge on any atom is -0.492 e. The molecule has 1 aromatic carbocycles. The van der Waals surface area contributed by atoms with Crippen LogP contribution >= 0.6 is 11.6 Å². The third-order valence-electron chi connectivity index (χ3n) is 2.28. The van der Waals surface area contributed by atoms with Crippen molar-refractivity contribution in [3.8, 4) is 5.75 Å². The molecule has 2 nitrogen and oxygen atoms in total. The highest BCUT2D eigenvalue weighted by atomic mass is 35.5. The van der Waals surface area contributed by atoms with E-state index >= 15 is 0 Å². The van der Waals surface area contributed by atoms with E-state index in [1.807, 2.05) is 30.3 Å². The standard InChI is InChI=1S/C13H20ClNO/c14-9-5-2-6-10-15-11-12-16-13-7-3-1-4-8-13/h1,3-4,7-8,15H,2,5-6,9-12H2. The summed E-state index contributed by atoms with van der Waals surface area (Å²) >= 11 is 5.59. The SMILES string of the molecule is ClCCCCCNCCOc1ccccc1. The van der Waals surface area contributed by atoms with Gasteiger partial charge in [0.15, 0.2) is 0 Å². The molecule has 1 N–H and O–H groups in total. The second-order valence-corrected chi connectivity index (χ2v) is 4.04. The molecule has 1 rings (SSSR count). The molecular formula is C13H20ClNO. The van der Waals surface area contributed by atoms with Crippen LogP contribution in [0.2, 0.25) is 0 Å². The van der Waals surface area contributed by atoms with Crippen LogP contribution in [-0.2, 0) is 0 Å². The van der Waals surface area contributed by atoms with E-state index < -0.39 is 0 Å². The van der Waals surface area contributed by atoms with Crippen LogP contribution in [0.1, 0.15) is 19.3 Å². The van der Waals surface area contributed by atoms with Crippen molar-refractivity contribution in [2.75, 3.05) is 25.6 Å². The van der Waals surface area contributed by atoms with E-state index in [-0.39, 0.29) is 0 Å². The number of alkyl halides is 1. The van der Waals surface area contributed by atoms with E-state index in [9.17, 15) is 0 Å². The van der Waals surface area contributed by atoms with Crippen molar-refractivity contribution >= 4 is 11.6 Å². The van der Waals surface area contributed by atoms with E-state index in [2.05, 4.69) is 5.32 Å². The van der Waals surface area contributed by atoms with Crippen molar-refractivity contribution in [1.82, 2.24) is 5.32 Å². The zero-order chi connectivity index (χ0) is 11.5. The molecule has 0 saturated heterocycles. The lowest BCUT2D eigenvalue weighted by atomic mass is 10.2. The predicted octanol–water partition coefficient (Wildman–Crippen LogP) is 3.06. The molecule has 0 aliphatic heterocycles. The Morgan fingerprint density at radius 2 is 1.81 bits per heavy atom. The zero-order valence-corrected chi connectivity index (χ0v) is 10.4. The molecule has 0 atom stereocenters. The molecule has 0 aromatic heterocycles. The van der Waals surface area contributed by atoms with Crippen molar-refractivity contribution in [1.29, 1.82) is 0 Å². The molecule has 0 aliphatic rings. The highest BCUT2D eigenvalue weighted by molar-refractivity contribution is 6.17. The monoisotopic (exact) mass is 241 g/mol. The summed E-state index contributed by atoms with van der Waals surface area (Å²) in [4.78, 5) is 0. The Bertz CT molecular complexity index is 253. The largest absolute Gasteiger partial charge is 0.492 e. The highest BCUT2D eigenvalue weighted by Crippen LogP contribution is 2.07. The average Bonchev–Trinajstić information content (AvgIpc) is 2.34. The molecule has 1 aromatic rings. The summed E-state index contributed by atoms with van der Waals surface area (Å²) in [7, 11) is 0. The van der Waals surface area contributed by atoms with Crippen LogP contribution in [0, 0.1) is 0 Å². The smallest absolute Gasteiger partial charge is 0.119 e. The fraction of sp³-hybridized carbons (Fsp3) is 0.538. The summed E-state index contributed by atoms with van der Waals surface area (Å²) in [5, 5.41) is 3.35. The molecule has 0 unspecified atom stereocenters. The summed E-state index contributed by atoms with van der Waals surface area (Å²) in [6, 6.07) is 9.90. The van der Waals surface area contributed by atoms with Gasteiger partial charge in [0.2, 0.25) is 0 Å². The van der Waals surface area contributed by atoms with Gasteiger partial charge in [-0.3, -0.25) is 0 Å². The third-order valence-corrected chi connectivity index (χ3v) is 2.55. The minimum atomic E-state index is 0.722. The predicted molar refractivity (Wildman–Crippen MR) is 69.4 cm³/mol. The summed E-state index contributed by atoms with van der Waals surface area (Å²) in [5.74, 6) is 1.71. The molecule has 3 heteroatoms. The Hall–Kier alpha value is -0.730. The van der Waals surface area contributed by atoms with Gasteiger partial charge >= 0.3 is 0 Å². The van der Waals surface area contributed by atoms with Gasteiger partial charge in [-0.25, -0.2) is 0 Å². The van der Waals surface area contributed by atoms with Crippen LogP contribution in [0.3, 0.4) is 0 Å². The van der Waals surface area contributed by atoms with Crippen molar-refractivity contribution in [3.05, 3.63) is 30.3 Å². The van der Waals surface area contributed by atoms with Crippen LogP contribution in [0.4, 0.5) is 0 Å². The van der Waals surface area contributed by atoms with Gasteiger partial charge < -0.3 is 10.1 Å². The van der Waals surface area contributed by atoms with Crippen LogP contribution < -0.4 is 10.1 Å². The first-order valence-corrected chi connectivity index (χ1v) is 6.41. The number of benzene rings is 1. The van der Waals surface area contributed by atoms with E-state index in [1.165, 1.54) is 12.8 Å². The van der Waals surface area contributed by atoms with Crippen molar-refractivity contribution in [2.45, 2.75) is 19.3 Å². The van der Waals surface area contributed by atoms with Crippen molar-refractivity contribution < 1.29 is 4.74 Å². The van der Waals surface area contributed by atoms with E-state index in [0.717, 1.165) is 37.7 Å². The van der Waals surface area contributed by atoms with Crippen LogP contribution in [0.5, 0.6) is 5.75 Å². The minimum absolute atomic E-state index is 0.722. The lowest BCUT2D eigenvalue weighted by Gasteiger charge is -2.07. The average molecular weight is 242 g/mol. The molecular weight excluding hydrogens is 222 g/mol. The molecule has 0 radical (unpaired) electrons. The van der Waals surface area contributed by atoms with Gasteiger partial charge in [-0.15, -0.1) is 11.6 Å². The normalized spacial score (nSPS) is 10.3. The summed E-state index contributed by atoms with van der Waals surface area (Å²) in [5.41, 5.74) is 0. The molecule has 0 amide bonds. The highest BCUT2D eigenvalue weighted by Gasteiger charge is 1.91. The van der Waals surface area contributed by atoms with Gasteiger partial charge in [0.1, 0.15) is 12.4 Å². The topological polar surface area (TPSA) is 21.3 Å². The number of ether oxygens (including phenoxy) is 1. The lowest BCUT2D eigenvalue weighted by molar-refractivity contribution is 0.313. The second kappa shape index (κ2) is 9.49. The van der Waals surface area contributed by atoms with Crippen molar-refractivity contribution in [3.63, 3.8) is 0 Å². The zero-order valence-electron chi connectivity index (χ0n) is 9.62. The summed E-state index contributed by atoms with van der Waals surface area (Å²) in [6.45, 7) is 2.67. The number of para-hydroxylation sites is 1. The Morgan fingerprint density at radius 3 is 2.56 bits per heavy atom. The molecule has 0 aliphatic carbocycles. The van der Waals surface area contributed by atoms with Crippen LogP contribution in [0.25, 0.3) is 0 Å².